The van der Waals surface area contributed by atoms with Crippen molar-refractivity contribution in [1.29, 1.82) is 0 Å². The molecule has 0 aliphatic rings. The number of carboxylic acid groups (broad SMARTS) is 1. The number of rotatable bonds is 7. The van der Waals surface area contributed by atoms with Crippen molar-refractivity contribution in [3.8, 4) is 0 Å². The van der Waals surface area contributed by atoms with E-state index >= 15 is 0 Å². The number of carbonyl (C=O) groups is 2. The Kier molecular flexibility index (Phi) is 5.91. The Bertz CT molecular complexity index is 450. The number of ether oxygens (including phenoxy) is 1. The molecule has 1 aromatic rings. The molecule has 1 unspecified atom stereocenters. The minimum atomic E-state index is -0.976. The molecule has 4 N–H and O–H groups in total. The molecule has 104 valence electrons. The standard InChI is InChI=1S/C12H17N3O4/c1-19-10(5-11(16)17)7-15-12(18)8-2-3-14-9(4-8)6-13/h2-4,10H,5-7,13H2,1H3,(H,15,18)(H,16,17). The molecule has 0 spiro atoms. The molecule has 1 aromatic heterocycles. The molecule has 0 saturated carbocycles. The monoisotopic (exact) mass is 267 g/mol. The highest BCUT2D eigenvalue weighted by molar-refractivity contribution is 5.94. The molecule has 7 nitrogen and oxygen atoms in total. The average Bonchev–Trinajstić information content (AvgIpc) is 2.42. The molecule has 0 bridgehead atoms. The van der Waals surface area contributed by atoms with Crippen LogP contribution in [0.5, 0.6) is 0 Å². The third-order valence-corrected chi connectivity index (χ3v) is 2.51. The van der Waals surface area contributed by atoms with Crippen LogP contribution in [-0.4, -0.2) is 41.7 Å². The number of carbonyl (C=O) groups excluding carboxylic acids is 1. The van der Waals surface area contributed by atoms with Crippen LogP contribution in [0, 0.1) is 0 Å². The summed E-state index contributed by atoms with van der Waals surface area (Å²) >= 11 is 0. The molecule has 1 amide bonds. The minimum absolute atomic E-state index is 0.127. The molecule has 1 rings (SSSR count). The van der Waals surface area contributed by atoms with E-state index in [1.807, 2.05) is 0 Å². The maximum absolute atomic E-state index is 11.8. The van der Waals surface area contributed by atoms with Gasteiger partial charge in [0.15, 0.2) is 0 Å². The summed E-state index contributed by atoms with van der Waals surface area (Å²) in [4.78, 5) is 26.4. The largest absolute Gasteiger partial charge is 0.481 e. The van der Waals surface area contributed by atoms with E-state index in [1.54, 1.807) is 12.1 Å². The van der Waals surface area contributed by atoms with E-state index in [0.717, 1.165) is 0 Å². The predicted octanol–water partition coefficient (Wildman–Crippen LogP) is -0.240. The van der Waals surface area contributed by atoms with Crippen molar-refractivity contribution in [2.75, 3.05) is 13.7 Å². The number of aromatic nitrogens is 1. The Balaban J connectivity index is 2.56. The van der Waals surface area contributed by atoms with E-state index in [-0.39, 0.29) is 25.4 Å². The van der Waals surface area contributed by atoms with Crippen molar-refractivity contribution >= 4 is 11.9 Å². The molecule has 7 heteroatoms. The number of hydrogen-bond donors (Lipinski definition) is 3. The van der Waals surface area contributed by atoms with Crippen LogP contribution in [0.15, 0.2) is 18.3 Å². The van der Waals surface area contributed by atoms with E-state index in [1.165, 1.54) is 13.3 Å². The lowest BCUT2D eigenvalue weighted by atomic mass is 10.2. The fourth-order valence-corrected chi connectivity index (χ4v) is 1.47. The van der Waals surface area contributed by atoms with Gasteiger partial charge in [-0.15, -0.1) is 0 Å². The quantitative estimate of drug-likeness (QED) is 0.628. The number of hydrogen-bond acceptors (Lipinski definition) is 5. The molecule has 0 saturated heterocycles. The van der Waals surface area contributed by atoms with Gasteiger partial charge in [-0.2, -0.15) is 0 Å². The lowest BCUT2D eigenvalue weighted by Crippen LogP contribution is -2.34. The minimum Gasteiger partial charge on any atom is -0.481 e. The topological polar surface area (TPSA) is 115 Å². The Morgan fingerprint density at radius 3 is 2.89 bits per heavy atom. The van der Waals surface area contributed by atoms with Gasteiger partial charge in [-0.3, -0.25) is 14.6 Å². The highest BCUT2D eigenvalue weighted by Crippen LogP contribution is 2.02. The van der Waals surface area contributed by atoms with Crippen LogP contribution < -0.4 is 11.1 Å². The zero-order valence-corrected chi connectivity index (χ0v) is 10.6. The zero-order chi connectivity index (χ0) is 14.3. The molecular weight excluding hydrogens is 250 g/mol. The first-order chi connectivity index (χ1) is 9.06. The number of amides is 1. The van der Waals surface area contributed by atoms with Crippen LogP contribution >= 0.6 is 0 Å². The van der Waals surface area contributed by atoms with Crippen LogP contribution in [0.4, 0.5) is 0 Å². The van der Waals surface area contributed by atoms with E-state index in [9.17, 15) is 9.59 Å². The van der Waals surface area contributed by atoms with Gasteiger partial charge in [-0.25, -0.2) is 0 Å². The second-order valence-electron chi connectivity index (χ2n) is 3.91. The van der Waals surface area contributed by atoms with Crippen LogP contribution in [0.1, 0.15) is 22.5 Å². The Hall–Kier alpha value is -1.99. The molecule has 0 aliphatic carbocycles. The lowest BCUT2D eigenvalue weighted by Gasteiger charge is -2.14. The third kappa shape index (κ3) is 5.02. The number of nitrogens with one attached hydrogen (secondary N) is 1. The maximum Gasteiger partial charge on any atom is 0.306 e. The molecular formula is C12H17N3O4. The highest BCUT2D eigenvalue weighted by atomic mass is 16.5. The first-order valence-electron chi connectivity index (χ1n) is 5.74. The second-order valence-corrected chi connectivity index (χ2v) is 3.91. The van der Waals surface area contributed by atoms with Crippen molar-refractivity contribution in [3.05, 3.63) is 29.6 Å². The number of nitrogens with two attached hydrogens (primary N) is 1. The van der Waals surface area contributed by atoms with E-state index in [0.29, 0.717) is 11.3 Å². The van der Waals surface area contributed by atoms with Crippen LogP contribution in [0.2, 0.25) is 0 Å². The normalized spacial score (nSPS) is 11.9. The number of carboxylic acids is 1. The average molecular weight is 267 g/mol. The van der Waals surface area contributed by atoms with Gasteiger partial charge in [0.2, 0.25) is 0 Å². The fourth-order valence-electron chi connectivity index (χ4n) is 1.47. The summed E-state index contributed by atoms with van der Waals surface area (Å²) in [6, 6.07) is 3.15. The van der Waals surface area contributed by atoms with Crippen molar-refractivity contribution in [3.63, 3.8) is 0 Å². The summed E-state index contributed by atoms with van der Waals surface area (Å²) in [5, 5.41) is 11.3. The first kappa shape index (κ1) is 15.1. The Morgan fingerprint density at radius 2 is 2.32 bits per heavy atom. The van der Waals surface area contributed by atoms with E-state index in [2.05, 4.69) is 10.3 Å². The summed E-state index contributed by atoms with van der Waals surface area (Å²) in [6.07, 6.45) is 0.779. The van der Waals surface area contributed by atoms with Gasteiger partial charge in [0, 0.05) is 32.0 Å². The summed E-state index contributed by atoms with van der Waals surface area (Å²) in [7, 11) is 1.40. The van der Waals surface area contributed by atoms with Gasteiger partial charge in [-0.05, 0) is 12.1 Å². The molecule has 19 heavy (non-hydrogen) atoms. The van der Waals surface area contributed by atoms with Gasteiger partial charge in [0.25, 0.3) is 5.91 Å². The molecule has 1 heterocycles. The van der Waals surface area contributed by atoms with Gasteiger partial charge >= 0.3 is 5.97 Å². The summed E-state index contributed by atoms with van der Waals surface area (Å²) in [5.41, 5.74) is 6.48. The van der Waals surface area contributed by atoms with Crippen LogP contribution in [-0.2, 0) is 16.1 Å². The van der Waals surface area contributed by atoms with E-state index in [4.69, 9.17) is 15.6 Å². The van der Waals surface area contributed by atoms with Crippen molar-refractivity contribution in [2.45, 2.75) is 19.1 Å². The number of aliphatic carboxylic acids is 1. The maximum atomic E-state index is 11.8. The highest BCUT2D eigenvalue weighted by Gasteiger charge is 2.14. The SMILES string of the molecule is COC(CNC(=O)c1ccnc(CN)c1)CC(=O)O. The summed E-state index contributed by atoms with van der Waals surface area (Å²) in [6.45, 7) is 0.378. The van der Waals surface area contributed by atoms with Gasteiger partial charge in [0.05, 0.1) is 18.2 Å². The Morgan fingerprint density at radius 1 is 1.58 bits per heavy atom. The number of pyridine rings is 1. The zero-order valence-electron chi connectivity index (χ0n) is 10.6. The second kappa shape index (κ2) is 7.45. The third-order valence-electron chi connectivity index (χ3n) is 2.51. The smallest absolute Gasteiger partial charge is 0.306 e. The molecule has 1 atom stereocenters. The summed E-state index contributed by atoms with van der Waals surface area (Å²) in [5.74, 6) is -1.29. The van der Waals surface area contributed by atoms with Crippen molar-refractivity contribution in [2.24, 2.45) is 5.73 Å². The molecule has 0 radical (unpaired) electrons. The number of nitrogens with zero attached hydrogens (tertiary/aromatic N) is 1. The van der Waals surface area contributed by atoms with Crippen molar-refractivity contribution in [1.82, 2.24) is 10.3 Å². The fraction of sp³-hybridized carbons (Fsp3) is 0.417. The van der Waals surface area contributed by atoms with Crippen molar-refractivity contribution < 1.29 is 19.4 Å². The van der Waals surface area contributed by atoms with Gasteiger partial charge < -0.3 is 20.9 Å². The Labute approximate surface area is 110 Å². The van der Waals surface area contributed by atoms with E-state index < -0.39 is 12.1 Å². The summed E-state index contributed by atoms with van der Waals surface area (Å²) < 4.78 is 4.96. The van der Waals surface area contributed by atoms with Crippen LogP contribution in [0.25, 0.3) is 0 Å². The number of methoxy groups -OCH3 is 1. The molecule has 0 fully saturated rings. The predicted molar refractivity (Wildman–Crippen MR) is 67.5 cm³/mol. The van der Waals surface area contributed by atoms with Crippen LogP contribution in [0.3, 0.4) is 0 Å². The molecule has 0 aliphatic heterocycles. The lowest BCUT2D eigenvalue weighted by molar-refractivity contribution is -0.139. The molecule has 0 aromatic carbocycles. The first-order valence-corrected chi connectivity index (χ1v) is 5.74. The van der Waals surface area contributed by atoms with Gasteiger partial charge in [-0.1, -0.05) is 0 Å². The van der Waals surface area contributed by atoms with Gasteiger partial charge in [0.1, 0.15) is 0 Å².